The predicted octanol–water partition coefficient (Wildman–Crippen LogP) is 5.23. The summed E-state index contributed by atoms with van der Waals surface area (Å²) in [5.74, 6) is 2.80. The summed E-state index contributed by atoms with van der Waals surface area (Å²) in [6.07, 6.45) is 2.50. The molecule has 172 valence electrons. The van der Waals surface area contributed by atoms with E-state index < -0.39 is 0 Å². The van der Waals surface area contributed by atoms with Crippen molar-refractivity contribution in [2.75, 3.05) is 25.4 Å². The van der Waals surface area contributed by atoms with Crippen molar-refractivity contribution in [1.29, 1.82) is 0 Å². The number of aromatic nitrogens is 5. The second-order valence-corrected chi connectivity index (χ2v) is 12.9. The molecule has 33 heavy (non-hydrogen) atoms. The van der Waals surface area contributed by atoms with Crippen molar-refractivity contribution < 1.29 is 0 Å². The molecular weight excluding hydrogens is 469 g/mol. The van der Waals surface area contributed by atoms with E-state index >= 15 is 0 Å². The molecular formula is C24H28N6S3. The molecule has 3 aromatic heterocycles. The minimum absolute atomic E-state index is 0.377. The Labute approximate surface area is 206 Å². The molecule has 4 aromatic rings. The highest BCUT2D eigenvalue weighted by Crippen LogP contribution is 2.59. The molecule has 9 heteroatoms. The number of thioether (sulfide) groups is 1. The third-order valence-electron chi connectivity index (χ3n) is 7.08. The molecule has 6 rings (SSSR count). The Morgan fingerprint density at radius 1 is 1.12 bits per heavy atom. The van der Waals surface area contributed by atoms with Crippen molar-refractivity contribution in [3.63, 3.8) is 0 Å². The van der Waals surface area contributed by atoms with Gasteiger partial charge in [0.1, 0.15) is 0 Å². The number of nitrogens with zero attached hydrogens (tertiary/aromatic N) is 6. The summed E-state index contributed by atoms with van der Waals surface area (Å²) in [6, 6.07) is 7.00. The minimum atomic E-state index is 0.377. The highest BCUT2D eigenvalue weighted by atomic mass is 32.2. The number of thiazole rings is 2. The van der Waals surface area contributed by atoms with Crippen LogP contribution in [0, 0.1) is 26.7 Å². The monoisotopic (exact) mass is 496 g/mol. The van der Waals surface area contributed by atoms with E-state index in [0.717, 1.165) is 49.8 Å². The largest absolute Gasteiger partial charge is 0.304 e. The molecule has 1 aliphatic carbocycles. The van der Waals surface area contributed by atoms with Crippen molar-refractivity contribution in [3.8, 4) is 10.7 Å². The van der Waals surface area contributed by atoms with E-state index in [1.807, 2.05) is 25.6 Å². The molecule has 4 heterocycles. The maximum Gasteiger partial charge on any atom is 0.191 e. The molecule has 0 N–H and O–H groups in total. The Morgan fingerprint density at radius 2 is 1.97 bits per heavy atom. The number of benzene rings is 1. The summed E-state index contributed by atoms with van der Waals surface area (Å²) in [5.41, 5.74) is 4.09. The van der Waals surface area contributed by atoms with Crippen molar-refractivity contribution in [1.82, 2.24) is 29.6 Å². The Kier molecular flexibility index (Phi) is 5.36. The van der Waals surface area contributed by atoms with Gasteiger partial charge in [-0.3, -0.25) is 0 Å². The van der Waals surface area contributed by atoms with E-state index in [4.69, 9.17) is 4.98 Å². The number of rotatable bonds is 7. The van der Waals surface area contributed by atoms with Gasteiger partial charge in [0.05, 0.1) is 30.8 Å². The van der Waals surface area contributed by atoms with Crippen LogP contribution in [0.4, 0.5) is 0 Å². The number of hydrogen-bond donors (Lipinski definition) is 0. The number of hydrogen-bond acceptors (Lipinski definition) is 8. The molecule has 0 amide bonds. The lowest BCUT2D eigenvalue weighted by atomic mass is 9.95. The van der Waals surface area contributed by atoms with Gasteiger partial charge in [-0.15, -0.1) is 32.9 Å². The van der Waals surface area contributed by atoms with Gasteiger partial charge >= 0.3 is 0 Å². The maximum absolute atomic E-state index is 4.72. The SMILES string of the molecule is Cc1nc(C)c(-c2nnc(SCCCN3C[C@@H]4C[C@]4(c4ccc5sc(C)nc5c4)C3)n2C)s1. The predicted molar refractivity (Wildman–Crippen MR) is 138 cm³/mol. The maximum atomic E-state index is 4.72. The summed E-state index contributed by atoms with van der Waals surface area (Å²) < 4.78 is 3.42. The highest BCUT2D eigenvalue weighted by molar-refractivity contribution is 7.99. The van der Waals surface area contributed by atoms with Gasteiger partial charge in [-0.1, -0.05) is 17.8 Å². The minimum Gasteiger partial charge on any atom is -0.304 e. The molecule has 0 radical (unpaired) electrons. The molecule has 2 atom stereocenters. The van der Waals surface area contributed by atoms with Gasteiger partial charge in [-0.05, 0) is 63.8 Å². The molecule has 1 saturated carbocycles. The normalized spacial score (nSPS) is 22.4. The zero-order valence-electron chi connectivity index (χ0n) is 19.5. The van der Waals surface area contributed by atoms with Crippen molar-refractivity contribution >= 4 is 44.7 Å². The number of aryl methyl sites for hydroxylation is 3. The molecule has 2 fully saturated rings. The Balaban J connectivity index is 1.04. The van der Waals surface area contributed by atoms with Crippen LogP contribution in [0.25, 0.3) is 20.9 Å². The van der Waals surface area contributed by atoms with Crippen LogP contribution in [0.1, 0.15) is 34.1 Å². The van der Waals surface area contributed by atoms with Gasteiger partial charge in [0.15, 0.2) is 11.0 Å². The van der Waals surface area contributed by atoms with Crippen LogP contribution in [0.5, 0.6) is 0 Å². The van der Waals surface area contributed by atoms with Gasteiger partial charge < -0.3 is 9.47 Å². The van der Waals surface area contributed by atoms with E-state index in [2.05, 4.69) is 56.8 Å². The first-order valence-corrected chi connectivity index (χ1v) is 14.1. The average Bonchev–Trinajstić information content (AvgIpc) is 3.15. The Morgan fingerprint density at radius 3 is 2.79 bits per heavy atom. The first-order valence-electron chi connectivity index (χ1n) is 11.5. The third kappa shape index (κ3) is 3.83. The average molecular weight is 497 g/mol. The Hall–Kier alpha value is -1.81. The zero-order chi connectivity index (χ0) is 22.7. The zero-order valence-corrected chi connectivity index (χ0v) is 21.9. The standard InChI is InChI=1S/C24H28N6S3/c1-14-21(33-15(2)25-14)22-27-28-23(29(22)4)31-9-5-8-30-12-18-11-24(18,13-30)17-6-7-20-19(10-17)26-16(3)32-20/h6-7,10,18H,5,8-9,11-13H2,1-4H3/t18-,24+/m0/s1. The van der Waals surface area contributed by atoms with Crippen LogP contribution in [0.3, 0.4) is 0 Å². The van der Waals surface area contributed by atoms with Crippen LogP contribution < -0.4 is 0 Å². The fourth-order valence-corrected chi connectivity index (χ4v) is 7.97. The summed E-state index contributed by atoms with van der Waals surface area (Å²) in [6.45, 7) is 9.76. The highest BCUT2D eigenvalue weighted by Gasteiger charge is 2.60. The first kappa shape index (κ1) is 21.7. The third-order valence-corrected chi connectivity index (χ3v) is 10.2. The molecule has 2 aliphatic rings. The second-order valence-electron chi connectivity index (χ2n) is 9.42. The molecule has 1 aromatic carbocycles. The fraction of sp³-hybridized carbons (Fsp3) is 0.500. The van der Waals surface area contributed by atoms with Crippen molar-refractivity contribution in [3.05, 3.63) is 39.5 Å². The molecule has 0 bridgehead atoms. The van der Waals surface area contributed by atoms with E-state index in [-0.39, 0.29) is 0 Å². The smallest absolute Gasteiger partial charge is 0.191 e. The van der Waals surface area contributed by atoms with Gasteiger partial charge in [0, 0.05) is 31.3 Å². The summed E-state index contributed by atoms with van der Waals surface area (Å²) in [7, 11) is 2.06. The second kappa shape index (κ2) is 8.15. The molecule has 1 aliphatic heterocycles. The molecule has 0 unspecified atom stereocenters. The van der Waals surface area contributed by atoms with E-state index in [9.17, 15) is 0 Å². The Bertz CT molecular complexity index is 1340. The van der Waals surface area contributed by atoms with E-state index in [1.54, 1.807) is 22.7 Å². The van der Waals surface area contributed by atoms with Gasteiger partial charge in [-0.25, -0.2) is 9.97 Å². The topological polar surface area (TPSA) is 59.7 Å². The van der Waals surface area contributed by atoms with Crippen molar-refractivity contribution in [2.45, 2.75) is 44.2 Å². The molecule has 1 saturated heterocycles. The number of likely N-dealkylation sites (tertiary alicyclic amines) is 1. The number of piperidine rings is 1. The molecule has 0 spiro atoms. The van der Waals surface area contributed by atoms with Crippen LogP contribution in [0.2, 0.25) is 0 Å². The first-order chi connectivity index (χ1) is 15.9. The van der Waals surface area contributed by atoms with Gasteiger partial charge in [-0.2, -0.15) is 0 Å². The van der Waals surface area contributed by atoms with Crippen LogP contribution in [-0.2, 0) is 12.5 Å². The lowest BCUT2D eigenvalue weighted by molar-refractivity contribution is 0.299. The van der Waals surface area contributed by atoms with Gasteiger partial charge in [0.25, 0.3) is 0 Å². The van der Waals surface area contributed by atoms with Crippen molar-refractivity contribution in [2.24, 2.45) is 13.0 Å². The van der Waals surface area contributed by atoms with E-state index in [1.165, 1.54) is 41.7 Å². The van der Waals surface area contributed by atoms with Crippen LogP contribution in [0.15, 0.2) is 23.4 Å². The lowest BCUT2D eigenvalue weighted by Crippen LogP contribution is -2.27. The summed E-state index contributed by atoms with van der Waals surface area (Å²) in [4.78, 5) is 13.0. The van der Waals surface area contributed by atoms with Crippen LogP contribution in [-0.4, -0.2) is 55.0 Å². The number of fused-ring (bicyclic) bond motifs is 2. The van der Waals surface area contributed by atoms with Gasteiger partial charge in [0.2, 0.25) is 0 Å². The summed E-state index contributed by atoms with van der Waals surface area (Å²) in [5, 5.41) is 12.1. The quantitative estimate of drug-likeness (QED) is 0.258. The van der Waals surface area contributed by atoms with Crippen LogP contribution >= 0.6 is 34.4 Å². The fourth-order valence-electron chi connectivity index (χ4n) is 5.39. The molecule has 6 nitrogen and oxygen atoms in total. The lowest BCUT2D eigenvalue weighted by Gasteiger charge is -2.21. The van der Waals surface area contributed by atoms with E-state index in [0.29, 0.717) is 5.41 Å². The summed E-state index contributed by atoms with van der Waals surface area (Å²) >= 11 is 5.29.